The van der Waals surface area contributed by atoms with Gasteiger partial charge in [0.1, 0.15) is 0 Å². The number of hydrogen-bond donors (Lipinski definition) is 2. The maximum Gasteiger partial charge on any atom is 0.0662 e. The van der Waals surface area contributed by atoms with Gasteiger partial charge in [0, 0.05) is 17.1 Å². The molecule has 0 amide bonds. The zero-order chi connectivity index (χ0) is 3.41. The monoisotopic (exact) mass is 157 g/mol. The van der Waals surface area contributed by atoms with Gasteiger partial charge in [0.2, 0.25) is 0 Å². The second-order valence-electron chi connectivity index (χ2n) is 0.447. The van der Waals surface area contributed by atoms with E-state index >= 15 is 0 Å². The summed E-state index contributed by atoms with van der Waals surface area (Å²) < 4.78 is 0. The minimum Gasteiger partial charge on any atom is -0.394 e. The molecule has 6 heavy (non-hydrogen) atoms. The molecule has 0 spiro atoms. The third kappa shape index (κ3) is 22.7. The van der Waals surface area contributed by atoms with Crippen LogP contribution in [0.2, 0.25) is 0 Å². The molecular weight excluding hydrogens is 148 g/mol. The van der Waals surface area contributed by atoms with E-state index in [0.717, 1.165) is 0 Å². The van der Waals surface area contributed by atoms with Crippen LogP contribution in [0, 0.1) is 0 Å². The molecule has 0 fully saturated rings. The van der Waals surface area contributed by atoms with Gasteiger partial charge in [-0.3, -0.25) is 0 Å². The molecule has 0 heterocycles. The molecule has 0 aliphatic rings. The molecule has 4 heteroatoms. The van der Waals surface area contributed by atoms with E-state index in [4.69, 9.17) is 10.2 Å². The first kappa shape index (κ1) is 15.9. The van der Waals surface area contributed by atoms with E-state index in [1.807, 2.05) is 0 Å². The normalized spacial score (nSPS) is 5.00. The summed E-state index contributed by atoms with van der Waals surface area (Å²) in [4.78, 5) is 0. The number of aliphatic hydroxyl groups is 2. The first-order valence-corrected chi connectivity index (χ1v) is 1.13. The Bertz CT molecular complexity index is 13.5. The van der Waals surface area contributed by atoms with Gasteiger partial charge >= 0.3 is 0 Å². The summed E-state index contributed by atoms with van der Waals surface area (Å²) in [6.07, 6.45) is 0. The van der Waals surface area contributed by atoms with Gasteiger partial charge in [-0.15, -0.1) is 0 Å². The van der Waals surface area contributed by atoms with E-state index in [9.17, 15) is 0 Å². The predicted molar refractivity (Wildman–Crippen MR) is 25.5 cm³/mol. The van der Waals surface area contributed by atoms with Crippen LogP contribution >= 0.6 is 0 Å². The fourth-order valence-corrected chi connectivity index (χ4v) is 0. The molecule has 0 aliphatic carbocycles. The molecule has 0 aromatic carbocycles. The van der Waals surface area contributed by atoms with Gasteiger partial charge in [-0.1, -0.05) is 0 Å². The van der Waals surface area contributed by atoms with E-state index < -0.39 is 0 Å². The first-order chi connectivity index (χ1) is 1.91. The maximum atomic E-state index is 7.62. The van der Waals surface area contributed by atoms with Crippen LogP contribution in [0.15, 0.2) is 0 Å². The van der Waals surface area contributed by atoms with Crippen LogP contribution in [0.3, 0.4) is 0 Å². The summed E-state index contributed by atoms with van der Waals surface area (Å²) in [6.45, 7) is -0.250. The Morgan fingerprint density at radius 1 is 1.00 bits per heavy atom. The average molecular weight is 158 g/mol. The minimum absolute atomic E-state index is 0. The number of aliphatic hydroxyl groups excluding tert-OH is 2. The van der Waals surface area contributed by atoms with Crippen molar-refractivity contribution in [2.24, 2.45) is 0 Å². The molecular formula is C2H10CuO2Si. The largest absolute Gasteiger partial charge is 0.394 e. The third-order valence-corrected chi connectivity index (χ3v) is 0.1000. The first-order valence-electron chi connectivity index (χ1n) is 1.13. The van der Waals surface area contributed by atoms with Crippen molar-refractivity contribution in [3.8, 4) is 0 Å². The van der Waals surface area contributed by atoms with Crippen molar-refractivity contribution in [2.75, 3.05) is 13.2 Å². The molecule has 0 atom stereocenters. The quantitative estimate of drug-likeness (QED) is 0.414. The van der Waals surface area contributed by atoms with Crippen LogP contribution < -0.4 is 0 Å². The molecule has 45 valence electrons. The van der Waals surface area contributed by atoms with Crippen LogP contribution in [0.4, 0.5) is 0 Å². The van der Waals surface area contributed by atoms with Crippen LogP contribution in [-0.2, 0) is 17.1 Å². The van der Waals surface area contributed by atoms with Crippen LogP contribution in [0.5, 0.6) is 0 Å². The van der Waals surface area contributed by atoms with Gasteiger partial charge in [-0.05, 0) is 11.0 Å². The van der Waals surface area contributed by atoms with Gasteiger partial charge in [-0.2, -0.15) is 0 Å². The Kier molecular flexibility index (Phi) is 46.1. The Morgan fingerprint density at radius 2 is 1.17 bits per heavy atom. The van der Waals surface area contributed by atoms with Crippen molar-refractivity contribution in [1.82, 2.24) is 0 Å². The standard InChI is InChI=1S/C2H6O2.Cu.H4Si/c3-1-2-4;;/h3-4H,1-2H2;;1H4. The third-order valence-electron chi connectivity index (χ3n) is 0.1000. The summed E-state index contributed by atoms with van der Waals surface area (Å²) in [6, 6.07) is 0. The summed E-state index contributed by atoms with van der Waals surface area (Å²) in [5.74, 6) is 0. The van der Waals surface area contributed by atoms with E-state index in [-0.39, 0.29) is 41.2 Å². The fourth-order valence-electron chi connectivity index (χ4n) is 0. The molecule has 2 N–H and O–H groups in total. The van der Waals surface area contributed by atoms with E-state index in [1.165, 1.54) is 0 Å². The van der Waals surface area contributed by atoms with Crippen molar-refractivity contribution in [3.05, 3.63) is 0 Å². The van der Waals surface area contributed by atoms with Crippen molar-refractivity contribution in [2.45, 2.75) is 0 Å². The summed E-state index contributed by atoms with van der Waals surface area (Å²) in [5, 5.41) is 15.2. The van der Waals surface area contributed by atoms with E-state index in [0.29, 0.717) is 0 Å². The van der Waals surface area contributed by atoms with E-state index in [1.54, 1.807) is 0 Å². The average Bonchev–Trinajstić information content (AvgIpc) is 1.37. The van der Waals surface area contributed by atoms with Gasteiger partial charge < -0.3 is 10.2 Å². The SMILES string of the molecule is OCCO.[Cu].[SiH4]. The molecule has 0 aromatic rings. The minimum atomic E-state index is -0.125. The van der Waals surface area contributed by atoms with Gasteiger partial charge in [0.25, 0.3) is 0 Å². The Labute approximate surface area is 52.1 Å². The molecule has 0 aliphatic heterocycles. The topological polar surface area (TPSA) is 40.5 Å². The molecule has 1 radical (unpaired) electrons. The molecule has 0 rings (SSSR count). The van der Waals surface area contributed by atoms with Crippen LogP contribution in [0.25, 0.3) is 0 Å². The molecule has 0 aromatic heterocycles. The fraction of sp³-hybridized carbons (Fsp3) is 1.00. The predicted octanol–water partition coefficient (Wildman–Crippen LogP) is -2.48. The Morgan fingerprint density at radius 3 is 1.17 bits per heavy atom. The molecule has 0 unspecified atom stereocenters. The van der Waals surface area contributed by atoms with Crippen molar-refractivity contribution in [3.63, 3.8) is 0 Å². The van der Waals surface area contributed by atoms with Crippen molar-refractivity contribution in [1.29, 1.82) is 0 Å². The second-order valence-corrected chi connectivity index (χ2v) is 0.447. The maximum absolute atomic E-state index is 7.62. The Hall–Kier alpha value is 0.656. The van der Waals surface area contributed by atoms with Crippen LogP contribution in [-0.4, -0.2) is 34.4 Å². The Balaban J connectivity index is -0.0000000450. The molecule has 0 bridgehead atoms. The summed E-state index contributed by atoms with van der Waals surface area (Å²) >= 11 is 0. The van der Waals surface area contributed by atoms with E-state index in [2.05, 4.69) is 0 Å². The number of hydrogen-bond acceptors (Lipinski definition) is 2. The number of rotatable bonds is 1. The summed E-state index contributed by atoms with van der Waals surface area (Å²) in [5.41, 5.74) is 0. The zero-order valence-electron chi connectivity index (χ0n) is 2.61. The molecule has 2 nitrogen and oxygen atoms in total. The summed E-state index contributed by atoms with van der Waals surface area (Å²) in [7, 11) is 0. The molecule has 0 saturated heterocycles. The van der Waals surface area contributed by atoms with Gasteiger partial charge in [-0.25, -0.2) is 0 Å². The smallest absolute Gasteiger partial charge is 0.0662 e. The van der Waals surface area contributed by atoms with Crippen molar-refractivity contribution >= 4 is 11.0 Å². The second kappa shape index (κ2) is 17.4. The van der Waals surface area contributed by atoms with Crippen molar-refractivity contribution < 1.29 is 27.3 Å². The molecule has 0 saturated carbocycles. The van der Waals surface area contributed by atoms with Crippen LogP contribution in [0.1, 0.15) is 0 Å². The zero-order valence-corrected chi connectivity index (χ0v) is 3.55. The van der Waals surface area contributed by atoms with Gasteiger partial charge in [0.05, 0.1) is 13.2 Å². The van der Waals surface area contributed by atoms with Gasteiger partial charge in [0.15, 0.2) is 0 Å².